The van der Waals surface area contributed by atoms with Gasteiger partial charge in [0, 0.05) is 23.7 Å². The lowest BCUT2D eigenvalue weighted by Crippen LogP contribution is -2.46. The molecule has 0 spiro atoms. The van der Waals surface area contributed by atoms with Crippen LogP contribution < -0.4 is 14.9 Å². The minimum atomic E-state index is -3.76. The van der Waals surface area contributed by atoms with Crippen LogP contribution in [0.15, 0.2) is 109 Å². The van der Waals surface area contributed by atoms with Crippen molar-refractivity contribution in [3.63, 3.8) is 0 Å². The first-order valence-corrected chi connectivity index (χ1v) is 17.4. The van der Waals surface area contributed by atoms with Crippen LogP contribution in [0.25, 0.3) is 11.3 Å². The number of hydrogen-bond donors (Lipinski definition) is 3. The van der Waals surface area contributed by atoms with Gasteiger partial charge in [-0.25, -0.2) is 17.5 Å². The highest BCUT2D eigenvalue weighted by Gasteiger charge is 2.26. The summed E-state index contributed by atoms with van der Waals surface area (Å²) in [5.74, 6) is -1.62. The van der Waals surface area contributed by atoms with Gasteiger partial charge in [-0.3, -0.25) is 13.9 Å². The molecule has 0 saturated heterocycles. The van der Waals surface area contributed by atoms with Crippen LogP contribution in [-0.2, 0) is 23.0 Å². The van der Waals surface area contributed by atoms with Crippen molar-refractivity contribution in [2.24, 2.45) is 0 Å². The molecule has 0 fully saturated rings. The second-order valence-electron chi connectivity index (χ2n) is 11.8. The molecule has 5 rings (SSSR count). The highest BCUT2D eigenvalue weighted by atomic mass is 32.2. The molecule has 1 heterocycles. The number of sulfonamides is 1. The van der Waals surface area contributed by atoms with Gasteiger partial charge in [0.1, 0.15) is 11.5 Å². The molecular formula is C36H37FN6O5S. The molecule has 0 radical (unpaired) electrons. The van der Waals surface area contributed by atoms with Crippen LogP contribution in [0.5, 0.6) is 0 Å². The van der Waals surface area contributed by atoms with Crippen molar-refractivity contribution in [3.8, 4) is 11.3 Å². The van der Waals surface area contributed by atoms with Crippen LogP contribution in [0.1, 0.15) is 44.8 Å². The third kappa shape index (κ3) is 9.15. The lowest BCUT2D eigenvalue weighted by atomic mass is 10.00. The quantitative estimate of drug-likeness (QED) is 0.167. The number of aliphatic hydroxyl groups is 1. The molecule has 0 saturated carbocycles. The first kappa shape index (κ1) is 34.9. The van der Waals surface area contributed by atoms with E-state index in [0.717, 1.165) is 21.7 Å². The highest BCUT2D eigenvalue weighted by molar-refractivity contribution is 7.92. The minimum absolute atomic E-state index is 0.00460. The Kier molecular flexibility index (Phi) is 10.8. The van der Waals surface area contributed by atoms with Gasteiger partial charge in [0.05, 0.1) is 42.9 Å². The molecule has 3 N–H and O–H groups in total. The van der Waals surface area contributed by atoms with Crippen molar-refractivity contribution in [2.75, 3.05) is 17.6 Å². The van der Waals surface area contributed by atoms with E-state index in [0.29, 0.717) is 11.3 Å². The summed E-state index contributed by atoms with van der Waals surface area (Å²) < 4.78 is 40.9. The Labute approximate surface area is 284 Å². The number of amides is 2. The Hall–Kier alpha value is -5.40. The largest absolute Gasteiger partial charge is 0.389 e. The van der Waals surface area contributed by atoms with E-state index >= 15 is 0 Å². The molecule has 254 valence electrons. The van der Waals surface area contributed by atoms with E-state index in [9.17, 15) is 27.5 Å². The first-order valence-electron chi connectivity index (χ1n) is 15.5. The zero-order valence-corrected chi connectivity index (χ0v) is 28.0. The minimum Gasteiger partial charge on any atom is -0.389 e. The molecule has 0 aliphatic carbocycles. The van der Waals surface area contributed by atoms with E-state index < -0.39 is 45.8 Å². The molecule has 13 heteroatoms. The molecule has 3 atom stereocenters. The zero-order chi connectivity index (χ0) is 35.1. The number of carbonyl (C=O) groups excluding carboxylic acids is 2. The maximum atomic E-state index is 13.9. The lowest BCUT2D eigenvalue weighted by Gasteiger charge is -2.25. The smallest absolute Gasteiger partial charge is 0.251 e. The summed E-state index contributed by atoms with van der Waals surface area (Å²) in [6, 6.07) is 27.2. The number of rotatable bonds is 13. The number of benzene rings is 4. The highest BCUT2D eigenvalue weighted by Crippen LogP contribution is 2.23. The monoisotopic (exact) mass is 684 g/mol. The molecule has 0 aliphatic rings. The van der Waals surface area contributed by atoms with Gasteiger partial charge in [-0.05, 0) is 54.8 Å². The number of nitrogens with zero attached hydrogens (tertiary/aromatic N) is 4. The predicted octanol–water partition coefficient (Wildman–Crippen LogP) is 4.37. The fraction of sp³-hybridized carbons (Fsp3) is 0.222. The number of carbonyl (C=O) groups is 2. The summed E-state index contributed by atoms with van der Waals surface area (Å²) >= 11 is 0. The topological polar surface area (TPSA) is 147 Å². The Bertz CT molecular complexity index is 2010. The number of aliphatic hydroxyl groups excluding tert-OH is 1. The van der Waals surface area contributed by atoms with Gasteiger partial charge in [0.25, 0.3) is 11.8 Å². The Balaban J connectivity index is 1.42. The molecular weight excluding hydrogens is 647 g/mol. The Morgan fingerprint density at radius 2 is 1.49 bits per heavy atom. The average Bonchev–Trinajstić information content (AvgIpc) is 3.56. The van der Waals surface area contributed by atoms with Gasteiger partial charge in [-0.1, -0.05) is 78.0 Å². The van der Waals surface area contributed by atoms with Gasteiger partial charge >= 0.3 is 0 Å². The van der Waals surface area contributed by atoms with Crippen LogP contribution in [0, 0.1) is 5.82 Å². The van der Waals surface area contributed by atoms with Crippen LogP contribution >= 0.6 is 0 Å². The SMILES string of the molecule is C[C@@H](NC(=O)c1cc(C(=O)N[C@@H](Cc2ccccc2)[C@@H](O)Cn2cc(-c3ccccc3)nn2)cc(N(C)S(C)(=O)=O)c1)c1ccc(F)cc1. The van der Waals surface area contributed by atoms with Gasteiger partial charge in [0.15, 0.2) is 0 Å². The maximum Gasteiger partial charge on any atom is 0.251 e. The molecule has 2 amide bonds. The summed E-state index contributed by atoms with van der Waals surface area (Å²) in [5.41, 5.74) is 3.12. The predicted molar refractivity (Wildman–Crippen MR) is 185 cm³/mol. The fourth-order valence-electron chi connectivity index (χ4n) is 5.21. The summed E-state index contributed by atoms with van der Waals surface area (Å²) in [7, 11) is -2.44. The number of hydrogen-bond acceptors (Lipinski definition) is 7. The second kappa shape index (κ2) is 15.2. The number of anilines is 1. The molecule has 0 unspecified atom stereocenters. The number of halogens is 1. The van der Waals surface area contributed by atoms with E-state index in [4.69, 9.17) is 0 Å². The van der Waals surface area contributed by atoms with E-state index in [1.54, 1.807) is 25.3 Å². The molecule has 0 aliphatic heterocycles. The molecule has 49 heavy (non-hydrogen) atoms. The van der Waals surface area contributed by atoms with Gasteiger partial charge < -0.3 is 15.7 Å². The lowest BCUT2D eigenvalue weighted by molar-refractivity contribution is 0.0779. The van der Waals surface area contributed by atoms with Gasteiger partial charge in [0.2, 0.25) is 10.0 Å². The van der Waals surface area contributed by atoms with Crippen LogP contribution in [0.2, 0.25) is 0 Å². The second-order valence-corrected chi connectivity index (χ2v) is 13.8. The van der Waals surface area contributed by atoms with E-state index in [-0.39, 0.29) is 29.8 Å². The summed E-state index contributed by atoms with van der Waals surface area (Å²) in [6.45, 7) is 1.74. The first-order chi connectivity index (χ1) is 23.4. The van der Waals surface area contributed by atoms with Crippen molar-refractivity contribution in [3.05, 3.63) is 137 Å². The van der Waals surface area contributed by atoms with Crippen molar-refractivity contribution in [2.45, 2.75) is 38.1 Å². The normalized spacial score (nSPS) is 13.2. The maximum absolute atomic E-state index is 13.9. The van der Waals surface area contributed by atoms with Gasteiger partial charge in [-0.15, -0.1) is 5.10 Å². The van der Waals surface area contributed by atoms with Crippen LogP contribution in [0.4, 0.5) is 10.1 Å². The van der Waals surface area contributed by atoms with Crippen molar-refractivity contribution in [1.29, 1.82) is 0 Å². The third-order valence-corrected chi connectivity index (χ3v) is 9.29. The number of aromatic nitrogens is 3. The third-order valence-electron chi connectivity index (χ3n) is 8.08. The molecule has 0 bridgehead atoms. The fourth-order valence-corrected chi connectivity index (χ4v) is 5.70. The molecule has 11 nitrogen and oxygen atoms in total. The van der Waals surface area contributed by atoms with Gasteiger partial charge in [-0.2, -0.15) is 0 Å². The summed E-state index contributed by atoms with van der Waals surface area (Å²) in [5, 5.41) is 25.5. The van der Waals surface area contributed by atoms with Crippen molar-refractivity contribution < 1.29 is 27.5 Å². The average molecular weight is 685 g/mol. The Morgan fingerprint density at radius 3 is 2.10 bits per heavy atom. The Morgan fingerprint density at radius 1 is 0.898 bits per heavy atom. The van der Waals surface area contributed by atoms with Crippen LogP contribution in [-0.4, -0.2) is 65.8 Å². The summed E-state index contributed by atoms with van der Waals surface area (Å²) in [4.78, 5) is 27.3. The van der Waals surface area contributed by atoms with E-state index in [2.05, 4.69) is 20.9 Å². The molecule has 1 aromatic heterocycles. The summed E-state index contributed by atoms with van der Waals surface area (Å²) in [6.07, 6.45) is 1.87. The zero-order valence-electron chi connectivity index (χ0n) is 27.2. The molecule has 5 aromatic rings. The van der Waals surface area contributed by atoms with E-state index in [1.165, 1.54) is 42.1 Å². The van der Waals surface area contributed by atoms with Crippen molar-refractivity contribution >= 4 is 27.5 Å². The number of nitrogens with one attached hydrogen (secondary N) is 2. The molecule has 4 aromatic carbocycles. The van der Waals surface area contributed by atoms with Crippen LogP contribution in [0.3, 0.4) is 0 Å². The standard InChI is InChI=1S/C36H37FN6O5S/c1-24(26-14-16-30(37)17-15-26)38-35(45)28-19-29(21-31(20-28)42(2)49(3,47)48)36(46)39-32(18-25-10-6-4-7-11-25)34(44)23-43-22-33(40-41-43)27-12-8-5-9-13-27/h4-17,19-22,24,32,34,44H,18,23H2,1-3H3,(H,38,45)(H,39,46)/t24-,32+,34+/m1/s1. The van der Waals surface area contributed by atoms with E-state index in [1.807, 2.05) is 60.7 Å². The van der Waals surface area contributed by atoms with Crippen molar-refractivity contribution in [1.82, 2.24) is 25.6 Å².